The summed E-state index contributed by atoms with van der Waals surface area (Å²) in [5.74, 6) is 0.890. The Morgan fingerprint density at radius 3 is 2.56 bits per heavy atom. The number of ether oxygens (including phenoxy) is 1. The van der Waals surface area contributed by atoms with Gasteiger partial charge in [-0.05, 0) is 29.8 Å². The molecule has 11 heteroatoms. The Hall–Kier alpha value is -3.70. The molecule has 186 valence electrons. The summed E-state index contributed by atoms with van der Waals surface area (Å²) in [5.41, 5.74) is 2.40. The first-order chi connectivity index (χ1) is 17.3. The largest absolute Gasteiger partial charge is 0.377 e. The van der Waals surface area contributed by atoms with Crippen molar-refractivity contribution in [2.75, 3.05) is 35.8 Å². The highest BCUT2D eigenvalue weighted by Gasteiger charge is 2.41. The number of hydrogen-bond acceptors (Lipinski definition) is 9. The third kappa shape index (κ3) is 4.47. The van der Waals surface area contributed by atoms with E-state index in [1.807, 2.05) is 4.90 Å². The van der Waals surface area contributed by atoms with Crippen LogP contribution in [0.3, 0.4) is 0 Å². The molecule has 2 aromatic heterocycles. The molecular formula is C25H25N5O5S. The van der Waals surface area contributed by atoms with Crippen LogP contribution in [0.2, 0.25) is 0 Å². The predicted octanol–water partition coefficient (Wildman–Crippen LogP) is 2.29. The van der Waals surface area contributed by atoms with Crippen molar-refractivity contribution in [3.63, 3.8) is 0 Å². The van der Waals surface area contributed by atoms with Crippen LogP contribution in [0.1, 0.15) is 29.4 Å². The van der Waals surface area contributed by atoms with Crippen LogP contribution in [0.15, 0.2) is 53.7 Å². The highest BCUT2D eigenvalue weighted by molar-refractivity contribution is 7.90. The highest BCUT2D eigenvalue weighted by Crippen LogP contribution is 2.37. The Bertz CT molecular complexity index is 1420. The summed E-state index contributed by atoms with van der Waals surface area (Å²) in [5, 5.41) is 0. The monoisotopic (exact) mass is 507 g/mol. The molecule has 1 unspecified atom stereocenters. The van der Waals surface area contributed by atoms with Crippen LogP contribution in [0.25, 0.3) is 11.4 Å². The van der Waals surface area contributed by atoms with E-state index in [9.17, 15) is 18.0 Å². The van der Waals surface area contributed by atoms with Crippen molar-refractivity contribution in [2.24, 2.45) is 0 Å². The fraction of sp³-hybridized carbons (Fsp3) is 0.320. The lowest BCUT2D eigenvalue weighted by Crippen LogP contribution is -2.58. The van der Waals surface area contributed by atoms with Gasteiger partial charge in [-0.3, -0.25) is 14.6 Å². The zero-order chi connectivity index (χ0) is 25.4. The molecule has 0 N–H and O–H groups in total. The molecule has 5 rings (SSSR count). The number of aromatic nitrogens is 3. The van der Waals surface area contributed by atoms with E-state index in [1.165, 1.54) is 12.1 Å². The van der Waals surface area contributed by atoms with Gasteiger partial charge >= 0.3 is 0 Å². The molecule has 0 bridgehead atoms. The first kappa shape index (κ1) is 24.0. The number of nitrogens with zero attached hydrogens (tertiary/aromatic N) is 5. The molecule has 3 aromatic rings. The number of morpholine rings is 1. The van der Waals surface area contributed by atoms with Gasteiger partial charge in [0, 0.05) is 31.0 Å². The molecule has 1 fully saturated rings. The van der Waals surface area contributed by atoms with E-state index >= 15 is 0 Å². The molecule has 2 aliphatic rings. The van der Waals surface area contributed by atoms with Crippen LogP contribution in [0.4, 0.5) is 11.5 Å². The van der Waals surface area contributed by atoms with Gasteiger partial charge in [0.1, 0.15) is 17.4 Å². The second-order valence-electron chi connectivity index (χ2n) is 8.74. The summed E-state index contributed by atoms with van der Waals surface area (Å²) < 4.78 is 29.2. The third-order valence-electron chi connectivity index (χ3n) is 6.31. The van der Waals surface area contributed by atoms with E-state index in [1.54, 1.807) is 48.5 Å². The Labute approximate surface area is 208 Å². The van der Waals surface area contributed by atoms with Gasteiger partial charge < -0.3 is 14.5 Å². The van der Waals surface area contributed by atoms with Gasteiger partial charge in [-0.2, -0.15) is 0 Å². The summed E-state index contributed by atoms with van der Waals surface area (Å²) in [7, 11) is -3.32. The summed E-state index contributed by atoms with van der Waals surface area (Å²) >= 11 is 0. The number of sulfone groups is 1. The van der Waals surface area contributed by atoms with Crippen molar-refractivity contribution < 1.29 is 22.7 Å². The molecule has 1 amide bonds. The van der Waals surface area contributed by atoms with Crippen LogP contribution in [-0.4, -0.2) is 67.1 Å². The standard InChI is InChI=1S/C25H25N5O5S/c1-3-22(31)19-9-6-17(12-26-19)23-27-13-20-24(28-23)29-10-11-35-15-21(29)25(32)30(20)14-16-4-7-18(8-5-16)36(2,33)34/h4-9,12-13,21H,3,10-11,14-15H2,1-2H3. The third-order valence-corrected chi connectivity index (χ3v) is 7.44. The highest BCUT2D eigenvalue weighted by atomic mass is 32.2. The lowest BCUT2D eigenvalue weighted by molar-refractivity contribution is -0.122. The van der Waals surface area contributed by atoms with E-state index in [-0.39, 0.29) is 29.7 Å². The zero-order valence-electron chi connectivity index (χ0n) is 19.9. The van der Waals surface area contributed by atoms with Crippen LogP contribution in [0.5, 0.6) is 0 Å². The summed E-state index contributed by atoms with van der Waals surface area (Å²) in [6.07, 6.45) is 4.73. The topological polar surface area (TPSA) is 123 Å². The minimum absolute atomic E-state index is 0.0391. The first-order valence-electron chi connectivity index (χ1n) is 11.6. The minimum Gasteiger partial charge on any atom is -0.377 e. The van der Waals surface area contributed by atoms with Gasteiger partial charge in [0.2, 0.25) is 0 Å². The van der Waals surface area contributed by atoms with E-state index in [0.29, 0.717) is 48.2 Å². The number of carbonyl (C=O) groups is 2. The molecular weight excluding hydrogens is 482 g/mol. The average Bonchev–Trinajstić information content (AvgIpc) is 2.90. The van der Waals surface area contributed by atoms with Crippen LogP contribution < -0.4 is 9.80 Å². The van der Waals surface area contributed by atoms with Crippen LogP contribution in [-0.2, 0) is 25.9 Å². The van der Waals surface area contributed by atoms with Gasteiger partial charge in [-0.25, -0.2) is 18.4 Å². The lowest BCUT2D eigenvalue weighted by Gasteiger charge is -2.43. The van der Waals surface area contributed by atoms with E-state index in [4.69, 9.17) is 9.72 Å². The van der Waals surface area contributed by atoms with Gasteiger partial charge in [0.05, 0.1) is 30.9 Å². The molecule has 10 nitrogen and oxygen atoms in total. The second-order valence-corrected chi connectivity index (χ2v) is 10.8. The maximum Gasteiger partial charge on any atom is 0.252 e. The number of benzene rings is 1. The van der Waals surface area contributed by atoms with E-state index in [0.717, 1.165) is 11.8 Å². The van der Waals surface area contributed by atoms with E-state index < -0.39 is 15.9 Å². The SMILES string of the molecule is CCC(=O)c1ccc(-c2ncc3c(n2)N2CCOCC2C(=O)N3Cc2ccc(S(C)(=O)=O)cc2)cn1. The lowest BCUT2D eigenvalue weighted by atomic mass is 10.1. The molecule has 36 heavy (non-hydrogen) atoms. The van der Waals surface area contributed by atoms with Crippen molar-refractivity contribution in [1.29, 1.82) is 0 Å². The molecule has 1 saturated heterocycles. The number of anilines is 2. The fourth-order valence-corrected chi connectivity index (χ4v) is 4.96. The van der Waals surface area contributed by atoms with Crippen molar-refractivity contribution in [1.82, 2.24) is 15.0 Å². The van der Waals surface area contributed by atoms with Crippen LogP contribution in [0, 0.1) is 0 Å². The Morgan fingerprint density at radius 1 is 1.11 bits per heavy atom. The zero-order valence-corrected chi connectivity index (χ0v) is 20.7. The minimum atomic E-state index is -3.32. The van der Waals surface area contributed by atoms with Crippen molar-refractivity contribution in [2.45, 2.75) is 30.8 Å². The number of ketones is 1. The number of Topliss-reactive ketones (excluding diaryl/α,β-unsaturated/α-hetero) is 1. The Morgan fingerprint density at radius 2 is 1.89 bits per heavy atom. The molecule has 0 saturated carbocycles. The summed E-state index contributed by atoms with van der Waals surface area (Å²) in [6.45, 7) is 3.26. The van der Waals surface area contributed by atoms with E-state index in [2.05, 4.69) is 9.97 Å². The smallest absolute Gasteiger partial charge is 0.252 e. The molecule has 0 aliphatic carbocycles. The van der Waals surface area contributed by atoms with Gasteiger partial charge in [0.25, 0.3) is 5.91 Å². The second kappa shape index (κ2) is 9.40. The molecule has 1 aromatic carbocycles. The number of rotatable bonds is 6. The predicted molar refractivity (Wildman–Crippen MR) is 133 cm³/mol. The molecule has 4 heterocycles. The number of pyridine rings is 1. The average molecular weight is 508 g/mol. The number of hydrogen-bond donors (Lipinski definition) is 0. The fourth-order valence-electron chi connectivity index (χ4n) is 4.33. The van der Waals surface area contributed by atoms with Gasteiger partial charge in [0.15, 0.2) is 27.3 Å². The van der Waals surface area contributed by atoms with Crippen LogP contribution >= 0.6 is 0 Å². The van der Waals surface area contributed by atoms with Gasteiger partial charge in [-0.1, -0.05) is 19.1 Å². The maximum atomic E-state index is 13.4. The molecule has 0 spiro atoms. The maximum absolute atomic E-state index is 13.4. The molecule has 0 radical (unpaired) electrons. The normalized spacial score (nSPS) is 17.5. The number of fused-ring (bicyclic) bond motifs is 3. The quantitative estimate of drug-likeness (QED) is 0.462. The summed E-state index contributed by atoms with van der Waals surface area (Å²) in [4.78, 5) is 42.7. The molecule has 2 aliphatic heterocycles. The summed E-state index contributed by atoms with van der Waals surface area (Å²) in [6, 6.07) is 9.39. The van der Waals surface area contributed by atoms with Gasteiger partial charge in [-0.15, -0.1) is 0 Å². The number of carbonyl (C=O) groups excluding carboxylic acids is 2. The number of amides is 1. The van der Waals surface area contributed by atoms with Crippen molar-refractivity contribution in [3.8, 4) is 11.4 Å². The van der Waals surface area contributed by atoms with Crippen molar-refractivity contribution in [3.05, 3.63) is 60.0 Å². The Kier molecular flexibility index (Phi) is 6.27. The Balaban J connectivity index is 1.51. The van der Waals surface area contributed by atoms with Crippen molar-refractivity contribution >= 4 is 33.0 Å². The first-order valence-corrected chi connectivity index (χ1v) is 13.5. The molecule has 1 atom stereocenters.